The Kier molecular flexibility index (Phi) is 3.75. The fraction of sp³-hybridized carbons (Fsp3) is 0.333. The van der Waals surface area contributed by atoms with Gasteiger partial charge in [0.2, 0.25) is 0 Å². The van der Waals surface area contributed by atoms with Crippen LogP contribution in [0.2, 0.25) is 0 Å². The normalized spacial score (nSPS) is 13.7. The van der Waals surface area contributed by atoms with Crippen LogP contribution in [0.4, 0.5) is 0 Å². The Labute approximate surface area is 120 Å². The Bertz CT molecular complexity index is 619. The predicted molar refractivity (Wildman–Crippen MR) is 83.2 cm³/mol. The highest BCUT2D eigenvalue weighted by molar-refractivity contribution is 5.69. The van der Waals surface area contributed by atoms with Crippen molar-refractivity contribution in [2.75, 3.05) is 13.7 Å². The van der Waals surface area contributed by atoms with E-state index in [9.17, 15) is 0 Å². The number of ether oxygens (including phenoxy) is 1. The van der Waals surface area contributed by atoms with Crippen molar-refractivity contribution in [2.24, 2.45) is 0 Å². The van der Waals surface area contributed by atoms with E-state index in [0.29, 0.717) is 0 Å². The van der Waals surface area contributed by atoms with Crippen molar-refractivity contribution in [2.45, 2.75) is 26.3 Å². The van der Waals surface area contributed by atoms with E-state index in [-0.39, 0.29) is 0 Å². The predicted octanol–water partition coefficient (Wildman–Crippen LogP) is 3.71. The number of benzene rings is 2. The van der Waals surface area contributed by atoms with Gasteiger partial charge in [-0.1, -0.05) is 24.3 Å². The van der Waals surface area contributed by atoms with Gasteiger partial charge in [0.1, 0.15) is 5.75 Å². The van der Waals surface area contributed by atoms with E-state index in [1.807, 2.05) is 7.05 Å². The molecule has 3 rings (SSSR count). The summed E-state index contributed by atoms with van der Waals surface area (Å²) in [6.45, 7) is 3.95. The molecule has 2 aromatic rings. The summed E-state index contributed by atoms with van der Waals surface area (Å²) in [7, 11) is 1.98. The van der Waals surface area contributed by atoms with Gasteiger partial charge in [-0.3, -0.25) is 0 Å². The van der Waals surface area contributed by atoms with Crippen LogP contribution in [0.5, 0.6) is 5.75 Å². The Hall–Kier alpha value is -1.80. The number of fused-ring (bicyclic) bond motifs is 1. The van der Waals surface area contributed by atoms with Gasteiger partial charge in [0.15, 0.2) is 0 Å². The monoisotopic (exact) mass is 267 g/mol. The molecule has 0 aromatic heterocycles. The molecule has 1 heterocycles. The summed E-state index contributed by atoms with van der Waals surface area (Å²) in [6, 6.07) is 13.3. The minimum atomic E-state index is 0.851. The lowest BCUT2D eigenvalue weighted by Gasteiger charge is -2.18. The Morgan fingerprint density at radius 3 is 2.85 bits per heavy atom. The van der Waals surface area contributed by atoms with E-state index in [1.165, 1.54) is 27.8 Å². The number of nitrogens with one attached hydrogen (secondary N) is 1. The summed E-state index contributed by atoms with van der Waals surface area (Å²) in [6.07, 6.45) is 2.25. The molecule has 0 radical (unpaired) electrons. The van der Waals surface area contributed by atoms with Crippen LogP contribution in [0, 0.1) is 6.92 Å². The molecule has 0 atom stereocenters. The average molecular weight is 267 g/mol. The second-order valence-electron chi connectivity index (χ2n) is 5.45. The van der Waals surface area contributed by atoms with Crippen LogP contribution in [0.25, 0.3) is 11.1 Å². The molecular weight excluding hydrogens is 246 g/mol. The number of hydrogen-bond acceptors (Lipinski definition) is 2. The molecule has 1 N–H and O–H groups in total. The van der Waals surface area contributed by atoms with Gasteiger partial charge < -0.3 is 10.1 Å². The summed E-state index contributed by atoms with van der Waals surface area (Å²) in [5.74, 6) is 1.06. The maximum atomic E-state index is 5.69. The molecule has 0 saturated carbocycles. The Morgan fingerprint density at radius 1 is 1.15 bits per heavy atom. The quantitative estimate of drug-likeness (QED) is 0.915. The number of aryl methyl sites for hydroxylation is 2. The van der Waals surface area contributed by atoms with Crippen LogP contribution in [0.1, 0.15) is 23.1 Å². The zero-order valence-electron chi connectivity index (χ0n) is 12.2. The summed E-state index contributed by atoms with van der Waals surface area (Å²) in [5, 5.41) is 3.19. The third kappa shape index (κ3) is 2.56. The molecule has 2 aromatic carbocycles. The molecule has 0 unspecified atom stereocenters. The highest BCUT2D eigenvalue weighted by atomic mass is 16.5. The van der Waals surface area contributed by atoms with E-state index in [2.05, 4.69) is 48.6 Å². The Balaban J connectivity index is 1.96. The maximum Gasteiger partial charge on any atom is 0.122 e. The van der Waals surface area contributed by atoms with E-state index in [0.717, 1.165) is 31.7 Å². The molecular formula is C18H21NO. The van der Waals surface area contributed by atoms with Crippen molar-refractivity contribution in [3.63, 3.8) is 0 Å². The molecule has 2 heteroatoms. The van der Waals surface area contributed by atoms with Crippen LogP contribution >= 0.6 is 0 Å². The van der Waals surface area contributed by atoms with Gasteiger partial charge in [-0.25, -0.2) is 0 Å². The minimum absolute atomic E-state index is 0.851. The fourth-order valence-corrected chi connectivity index (χ4v) is 2.89. The van der Waals surface area contributed by atoms with Crippen molar-refractivity contribution in [1.29, 1.82) is 0 Å². The molecule has 2 nitrogen and oxygen atoms in total. The van der Waals surface area contributed by atoms with Crippen LogP contribution in [0.15, 0.2) is 36.4 Å². The zero-order valence-corrected chi connectivity index (χ0v) is 12.2. The summed E-state index contributed by atoms with van der Waals surface area (Å²) in [5.41, 5.74) is 6.61. The summed E-state index contributed by atoms with van der Waals surface area (Å²) < 4.78 is 5.69. The molecule has 0 amide bonds. The summed E-state index contributed by atoms with van der Waals surface area (Å²) >= 11 is 0. The van der Waals surface area contributed by atoms with Gasteiger partial charge in [-0.15, -0.1) is 0 Å². The smallest absolute Gasteiger partial charge is 0.122 e. The zero-order chi connectivity index (χ0) is 13.9. The average Bonchev–Trinajstić information content (AvgIpc) is 2.47. The minimum Gasteiger partial charge on any atom is -0.493 e. The lowest BCUT2D eigenvalue weighted by Crippen LogP contribution is -2.08. The van der Waals surface area contributed by atoms with Crippen molar-refractivity contribution in [1.82, 2.24) is 5.32 Å². The first-order valence-electron chi connectivity index (χ1n) is 7.28. The molecule has 0 bridgehead atoms. The maximum absolute atomic E-state index is 5.69. The lowest BCUT2D eigenvalue weighted by molar-refractivity contribution is 0.288. The van der Waals surface area contributed by atoms with E-state index in [4.69, 9.17) is 4.74 Å². The van der Waals surface area contributed by atoms with Gasteiger partial charge in [-0.2, -0.15) is 0 Å². The second-order valence-corrected chi connectivity index (χ2v) is 5.45. The summed E-state index contributed by atoms with van der Waals surface area (Å²) in [4.78, 5) is 0. The van der Waals surface area contributed by atoms with E-state index >= 15 is 0 Å². The second kappa shape index (κ2) is 5.68. The highest BCUT2D eigenvalue weighted by Gasteiger charge is 2.12. The van der Waals surface area contributed by atoms with E-state index < -0.39 is 0 Å². The molecule has 1 aliphatic rings. The number of hydrogen-bond donors (Lipinski definition) is 1. The van der Waals surface area contributed by atoms with Gasteiger partial charge in [0.25, 0.3) is 0 Å². The number of rotatable bonds is 3. The van der Waals surface area contributed by atoms with Gasteiger partial charge >= 0.3 is 0 Å². The van der Waals surface area contributed by atoms with Gasteiger partial charge in [0.05, 0.1) is 6.61 Å². The van der Waals surface area contributed by atoms with Crippen molar-refractivity contribution < 1.29 is 4.74 Å². The fourth-order valence-electron chi connectivity index (χ4n) is 2.89. The standard InChI is InChI=1S/C18H21NO/c1-13-10-14(12-19-2)5-7-17(13)15-6-8-18-16(11-15)4-3-9-20-18/h5-8,10-11,19H,3-4,9,12H2,1-2H3. The SMILES string of the molecule is CNCc1ccc(-c2ccc3c(c2)CCCO3)c(C)c1. The largest absolute Gasteiger partial charge is 0.493 e. The molecule has 0 spiro atoms. The van der Waals surface area contributed by atoms with Crippen molar-refractivity contribution in [3.8, 4) is 16.9 Å². The Morgan fingerprint density at radius 2 is 2.05 bits per heavy atom. The van der Waals surface area contributed by atoms with Crippen LogP contribution in [-0.2, 0) is 13.0 Å². The van der Waals surface area contributed by atoms with Crippen LogP contribution < -0.4 is 10.1 Å². The topological polar surface area (TPSA) is 21.3 Å². The third-order valence-electron chi connectivity index (χ3n) is 3.89. The molecule has 20 heavy (non-hydrogen) atoms. The van der Waals surface area contributed by atoms with Crippen molar-refractivity contribution >= 4 is 0 Å². The molecule has 0 fully saturated rings. The molecule has 0 saturated heterocycles. The lowest BCUT2D eigenvalue weighted by atomic mass is 9.95. The first kappa shape index (κ1) is 13.2. The van der Waals surface area contributed by atoms with Crippen molar-refractivity contribution in [3.05, 3.63) is 53.1 Å². The van der Waals surface area contributed by atoms with Gasteiger partial charge in [0, 0.05) is 6.54 Å². The molecule has 1 aliphatic heterocycles. The first-order valence-corrected chi connectivity index (χ1v) is 7.28. The van der Waals surface area contributed by atoms with E-state index in [1.54, 1.807) is 0 Å². The molecule has 104 valence electrons. The van der Waals surface area contributed by atoms with Crippen LogP contribution in [0.3, 0.4) is 0 Å². The highest BCUT2D eigenvalue weighted by Crippen LogP contribution is 2.31. The van der Waals surface area contributed by atoms with Gasteiger partial charge in [-0.05, 0) is 66.8 Å². The third-order valence-corrected chi connectivity index (χ3v) is 3.89. The first-order chi connectivity index (χ1) is 9.78. The molecule has 0 aliphatic carbocycles. The van der Waals surface area contributed by atoms with Crippen LogP contribution in [-0.4, -0.2) is 13.7 Å².